The predicted octanol–water partition coefficient (Wildman–Crippen LogP) is 3.47. The summed E-state index contributed by atoms with van der Waals surface area (Å²) in [5, 5.41) is 4.47. The van der Waals surface area contributed by atoms with Crippen molar-refractivity contribution in [2.75, 3.05) is 6.26 Å². The Morgan fingerprint density at radius 3 is 2.16 bits per heavy atom. The fourth-order valence-electron chi connectivity index (χ4n) is 2.57. The average molecular weight is 356 g/mol. The molecule has 0 aliphatic heterocycles. The number of aryl methyl sites for hydroxylation is 2. The standard InChI is InChI=1S/C19H20N2O3S/c1-14-12-15(2)21(20-14)17-6-4-16(5-7-17)13-24-18-8-10-19(11-9-18)25(3,22)23/h4-12H,13H2,1-3H3. The largest absolute Gasteiger partial charge is 0.489 e. The highest BCUT2D eigenvalue weighted by atomic mass is 32.2. The van der Waals surface area contributed by atoms with Crippen molar-refractivity contribution in [3.63, 3.8) is 0 Å². The molecule has 25 heavy (non-hydrogen) atoms. The number of hydrogen-bond acceptors (Lipinski definition) is 4. The highest BCUT2D eigenvalue weighted by molar-refractivity contribution is 7.90. The number of benzene rings is 2. The Kier molecular flexibility index (Phi) is 4.63. The topological polar surface area (TPSA) is 61.2 Å². The molecule has 3 rings (SSSR count). The van der Waals surface area contributed by atoms with Crippen molar-refractivity contribution in [2.24, 2.45) is 0 Å². The molecule has 0 aliphatic rings. The predicted molar refractivity (Wildman–Crippen MR) is 96.9 cm³/mol. The summed E-state index contributed by atoms with van der Waals surface area (Å²) in [6, 6.07) is 16.5. The normalized spacial score (nSPS) is 11.5. The van der Waals surface area contributed by atoms with E-state index in [2.05, 4.69) is 5.10 Å². The lowest BCUT2D eigenvalue weighted by Gasteiger charge is -2.09. The summed E-state index contributed by atoms with van der Waals surface area (Å²) in [6.07, 6.45) is 1.19. The molecule has 0 fully saturated rings. The van der Waals surface area contributed by atoms with E-state index in [-0.39, 0.29) is 4.90 Å². The van der Waals surface area contributed by atoms with Crippen LogP contribution in [0, 0.1) is 13.8 Å². The Morgan fingerprint density at radius 2 is 1.64 bits per heavy atom. The molecule has 130 valence electrons. The van der Waals surface area contributed by atoms with Gasteiger partial charge >= 0.3 is 0 Å². The summed E-state index contributed by atoms with van der Waals surface area (Å²) < 4.78 is 30.5. The van der Waals surface area contributed by atoms with E-state index in [9.17, 15) is 8.42 Å². The lowest BCUT2D eigenvalue weighted by atomic mass is 10.2. The maximum Gasteiger partial charge on any atom is 0.175 e. The third kappa shape index (κ3) is 4.09. The SMILES string of the molecule is Cc1cc(C)n(-c2ccc(COc3ccc(S(C)(=O)=O)cc3)cc2)n1. The molecule has 2 aromatic carbocycles. The monoisotopic (exact) mass is 356 g/mol. The smallest absolute Gasteiger partial charge is 0.175 e. The van der Waals surface area contributed by atoms with Gasteiger partial charge in [0.05, 0.1) is 16.3 Å². The van der Waals surface area contributed by atoms with Gasteiger partial charge in [-0.3, -0.25) is 0 Å². The van der Waals surface area contributed by atoms with Crippen LogP contribution in [0.4, 0.5) is 0 Å². The van der Waals surface area contributed by atoms with Crippen LogP contribution in [0.2, 0.25) is 0 Å². The average Bonchev–Trinajstić information content (AvgIpc) is 2.91. The lowest BCUT2D eigenvalue weighted by Crippen LogP contribution is -2.01. The number of aromatic nitrogens is 2. The third-order valence-electron chi connectivity index (χ3n) is 3.85. The first kappa shape index (κ1) is 17.2. The Bertz CT molecular complexity index is 973. The van der Waals surface area contributed by atoms with Crippen LogP contribution in [0.25, 0.3) is 5.69 Å². The van der Waals surface area contributed by atoms with Gasteiger partial charge in [0.15, 0.2) is 9.84 Å². The molecule has 6 heteroatoms. The molecule has 3 aromatic rings. The van der Waals surface area contributed by atoms with E-state index >= 15 is 0 Å². The van der Waals surface area contributed by atoms with E-state index in [1.807, 2.05) is 48.9 Å². The van der Waals surface area contributed by atoms with Crippen LogP contribution in [0.5, 0.6) is 5.75 Å². The van der Waals surface area contributed by atoms with Gasteiger partial charge in [-0.15, -0.1) is 0 Å². The second-order valence-electron chi connectivity index (χ2n) is 6.04. The zero-order valence-corrected chi connectivity index (χ0v) is 15.2. The molecule has 0 radical (unpaired) electrons. The zero-order chi connectivity index (χ0) is 18.0. The molecule has 0 bridgehead atoms. The van der Waals surface area contributed by atoms with E-state index < -0.39 is 9.84 Å². The van der Waals surface area contributed by atoms with Gasteiger partial charge in [0.2, 0.25) is 0 Å². The molecular formula is C19H20N2O3S. The van der Waals surface area contributed by atoms with E-state index in [4.69, 9.17) is 4.74 Å². The van der Waals surface area contributed by atoms with Gasteiger partial charge in [-0.05, 0) is 61.9 Å². The van der Waals surface area contributed by atoms with Gasteiger partial charge in [-0.25, -0.2) is 13.1 Å². The Balaban J connectivity index is 1.67. The van der Waals surface area contributed by atoms with Crippen molar-refractivity contribution >= 4 is 9.84 Å². The maximum atomic E-state index is 11.4. The van der Waals surface area contributed by atoms with E-state index in [1.54, 1.807) is 24.3 Å². The molecule has 1 heterocycles. The molecule has 0 N–H and O–H groups in total. The molecule has 0 aliphatic carbocycles. The highest BCUT2D eigenvalue weighted by Crippen LogP contribution is 2.18. The second-order valence-corrected chi connectivity index (χ2v) is 8.05. The molecule has 0 atom stereocenters. The summed E-state index contributed by atoms with van der Waals surface area (Å²) in [6.45, 7) is 4.41. The van der Waals surface area contributed by atoms with Gasteiger partial charge in [0.25, 0.3) is 0 Å². The quantitative estimate of drug-likeness (QED) is 0.702. The van der Waals surface area contributed by atoms with E-state index in [1.165, 1.54) is 6.26 Å². The summed E-state index contributed by atoms with van der Waals surface area (Å²) in [5.74, 6) is 0.634. The number of nitrogens with zero attached hydrogens (tertiary/aromatic N) is 2. The Hall–Kier alpha value is -2.60. The molecule has 1 aromatic heterocycles. The van der Waals surface area contributed by atoms with Gasteiger partial charge in [0, 0.05) is 11.9 Å². The molecule has 0 amide bonds. The fraction of sp³-hybridized carbons (Fsp3) is 0.211. The molecule has 0 spiro atoms. The number of hydrogen-bond donors (Lipinski definition) is 0. The van der Waals surface area contributed by atoms with E-state index in [0.717, 1.165) is 22.6 Å². The number of sulfone groups is 1. The molecule has 5 nitrogen and oxygen atoms in total. The van der Waals surface area contributed by atoms with Crippen molar-refractivity contribution in [3.8, 4) is 11.4 Å². The second kappa shape index (κ2) is 6.72. The first-order valence-corrected chi connectivity index (χ1v) is 9.77. The van der Waals surface area contributed by atoms with Crippen molar-refractivity contribution in [3.05, 3.63) is 71.5 Å². The summed E-state index contributed by atoms with van der Waals surface area (Å²) in [7, 11) is -3.18. The molecule has 0 saturated heterocycles. The first-order chi connectivity index (χ1) is 11.8. The van der Waals surface area contributed by atoms with Crippen LogP contribution in [-0.2, 0) is 16.4 Å². The van der Waals surface area contributed by atoms with Crippen LogP contribution < -0.4 is 4.74 Å². The zero-order valence-electron chi connectivity index (χ0n) is 14.4. The van der Waals surface area contributed by atoms with E-state index in [0.29, 0.717) is 12.4 Å². The molecular weight excluding hydrogens is 336 g/mol. The molecule has 0 saturated carbocycles. The first-order valence-electron chi connectivity index (χ1n) is 7.88. The number of rotatable bonds is 5. The van der Waals surface area contributed by atoms with Crippen molar-refractivity contribution in [1.82, 2.24) is 9.78 Å². The van der Waals surface area contributed by atoms with Gasteiger partial charge < -0.3 is 4.74 Å². The van der Waals surface area contributed by atoms with Crippen molar-refractivity contribution < 1.29 is 13.2 Å². The minimum atomic E-state index is -3.18. The maximum absolute atomic E-state index is 11.4. The minimum absolute atomic E-state index is 0.286. The summed E-state index contributed by atoms with van der Waals surface area (Å²) in [4.78, 5) is 0.286. The summed E-state index contributed by atoms with van der Waals surface area (Å²) in [5.41, 5.74) is 4.11. The minimum Gasteiger partial charge on any atom is -0.489 e. The Morgan fingerprint density at radius 1 is 1.00 bits per heavy atom. The molecule has 0 unspecified atom stereocenters. The third-order valence-corrected chi connectivity index (χ3v) is 4.98. The van der Waals surface area contributed by atoms with Crippen LogP contribution in [-0.4, -0.2) is 24.5 Å². The number of ether oxygens (including phenoxy) is 1. The summed E-state index contributed by atoms with van der Waals surface area (Å²) >= 11 is 0. The highest BCUT2D eigenvalue weighted by Gasteiger charge is 2.07. The van der Waals surface area contributed by atoms with Crippen LogP contribution >= 0.6 is 0 Å². The van der Waals surface area contributed by atoms with Crippen LogP contribution in [0.1, 0.15) is 17.0 Å². The fourth-order valence-corrected chi connectivity index (χ4v) is 3.20. The Labute approximate surface area is 147 Å². The van der Waals surface area contributed by atoms with Gasteiger partial charge in [-0.2, -0.15) is 5.10 Å². The van der Waals surface area contributed by atoms with Crippen molar-refractivity contribution in [1.29, 1.82) is 0 Å². The van der Waals surface area contributed by atoms with Gasteiger partial charge in [0.1, 0.15) is 12.4 Å². The van der Waals surface area contributed by atoms with Crippen LogP contribution in [0.15, 0.2) is 59.5 Å². The lowest BCUT2D eigenvalue weighted by molar-refractivity contribution is 0.306. The van der Waals surface area contributed by atoms with Gasteiger partial charge in [-0.1, -0.05) is 12.1 Å². The van der Waals surface area contributed by atoms with Crippen molar-refractivity contribution in [2.45, 2.75) is 25.3 Å². The van der Waals surface area contributed by atoms with Crippen LogP contribution in [0.3, 0.4) is 0 Å².